The zero-order chi connectivity index (χ0) is 27.5. The van der Waals surface area contributed by atoms with Gasteiger partial charge in [-0.25, -0.2) is 9.37 Å². The number of nitrogens with two attached hydrogens (primary N) is 1. The molecule has 0 aliphatic carbocycles. The van der Waals surface area contributed by atoms with Crippen LogP contribution >= 0.6 is 12.4 Å². The molecule has 2 atom stereocenters. The molecule has 0 fully saturated rings. The Balaban J connectivity index is 0.00000370. The molecule has 0 saturated heterocycles. The molecule has 0 unspecified atom stereocenters. The Hall–Kier alpha value is -4.60. The van der Waals surface area contributed by atoms with Gasteiger partial charge in [-0.3, -0.25) is 14.6 Å². The normalized spacial score (nSPS) is 12.3. The first-order chi connectivity index (χ1) is 18.8. The number of nitrogens with zero attached hydrogens (tertiary/aromatic N) is 2. The molecule has 2 aromatic heterocycles. The fourth-order valence-corrected chi connectivity index (χ4v) is 4.17. The summed E-state index contributed by atoms with van der Waals surface area (Å²) in [6.45, 7) is 3.39. The molecule has 40 heavy (non-hydrogen) atoms. The summed E-state index contributed by atoms with van der Waals surface area (Å²) >= 11 is 0. The summed E-state index contributed by atoms with van der Waals surface area (Å²) in [6, 6.07) is 19.7. The van der Waals surface area contributed by atoms with Crippen molar-refractivity contribution in [3.05, 3.63) is 102 Å². The number of aromatic nitrogens is 3. The van der Waals surface area contributed by atoms with Crippen LogP contribution in [0.5, 0.6) is 0 Å². The van der Waals surface area contributed by atoms with Crippen LogP contribution in [-0.4, -0.2) is 32.8 Å². The van der Waals surface area contributed by atoms with E-state index in [1.807, 2.05) is 37.3 Å². The molecular formula is C30H28ClFN6O2. The number of halogens is 2. The Morgan fingerprint density at radius 2 is 1.65 bits per heavy atom. The summed E-state index contributed by atoms with van der Waals surface area (Å²) in [4.78, 5) is 37.9. The van der Waals surface area contributed by atoms with Gasteiger partial charge in [-0.1, -0.05) is 36.4 Å². The first-order valence-electron chi connectivity index (χ1n) is 12.5. The van der Waals surface area contributed by atoms with Crippen LogP contribution in [0.25, 0.3) is 33.5 Å². The van der Waals surface area contributed by atoms with Crippen LogP contribution in [-0.2, 0) is 4.79 Å². The van der Waals surface area contributed by atoms with Crippen molar-refractivity contribution < 1.29 is 14.0 Å². The lowest BCUT2D eigenvalue weighted by molar-refractivity contribution is -0.117. The first kappa shape index (κ1) is 28.4. The van der Waals surface area contributed by atoms with E-state index in [-0.39, 0.29) is 36.1 Å². The van der Waals surface area contributed by atoms with Crippen molar-refractivity contribution in [2.45, 2.75) is 25.9 Å². The molecule has 8 nitrogen and oxygen atoms in total. The summed E-state index contributed by atoms with van der Waals surface area (Å²) in [7, 11) is 0. The van der Waals surface area contributed by atoms with Gasteiger partial charge in [0.2, 0.25) is 5.91 Å². The van der Waals surface area contributed by atoms with E-state index in [0.29, 0.717) is 34.0 Å². The van der Waals surface area contributed by atoms with E-state index in [0.717, 1.165) is 16.3 Å². The standard InChI is InChI=1S/C30H27FN6O2.ClH/c1-17(32)29(38)36-25-12-22(11-23(13-25)30(39)35-18(2)19-7-9-24(31)10-8-19)27-16-34-28(37-27)26-14-20-5-3-4-6-21(20)15-33-26;/h3-18H,32H2,1-2H3,(H,34,37)(H,35,39)(H,36,38);1H/t17-,18+;/m0./s1. The lowest BCUT2D eigenvalue weighted by Gasteiger charge is -2.16. The summed E-state index contributed by atoms with van der Waals surface area (Å²) in [6.07, 6.45) is 3.45. The Labute approximate surface area is 236 Å². The molecule has 10 heteroatoms. The minimum absolute atomic E-state index is 0. The zero-order valence-corrected chi connectivity index (χ0v) is 22.6. The highest BCUT2D eigenvalue weighted by atomic mass is 35.5. The molecule has 3 aromatic carbocycles. The molecule has 0 aliphatic heterocycles. The number of fused-ring (bicyclic) bond motifs is 1. The van der Waals surface area contributed by atoms with E-state index in [9.17, 15) is 14.0 Å². The van der Waals surface area contributed by atoms with Crippen molar-refractivity contribution in [3.8, 4) is 22.8 Å². The topological polar surface area (TPSA) is 126 Å². The smallest absolute Gasteiger partial charge is 0.251 e. The van der Waals surface area contributed by atoms with E-state index in [2.05, 4.69) is 25.6 Å². The van der Waals surface area contributed by atoms with Gasteiger partial charge in [-0.15, -0.1) is 12.4 Å². The van der Waals surface area contributed by atoms with E-state index in [4.69, 9.17) is 5.73 Å². The minimum atomic E-state index is -0.734. The average Bonchev–Trinajstić information content (AvgIpc) is 3.43. The fraction of sp³-hybridized carbons (Fsp3) is 0.133. The van der Waals surface area contributed by atoms with Crippen LogP contribution in [0.15, 0.2) is 85.2 Å². The van der Waals surface area contributed by atoms with Crippen molar-refractivity contribution in [1.82, 2.24) is 20.3 Å². The second kappa shape index (κ2) is 12.1. The summed E-state index contributed by atoms with van der Waals surface area (Å²) in [5.74, 6) is -0.529. The zero-order valence-electron chi connectivity index (χ0n) is 21.8. The third-order valence-electron chi connectivity index (χ3n) is 6.35. The largest absolute Gasteiger partial charge is 0.346 e. The predicted octanol–water partition coefficient (Wildman–Crippen LogP) is 5.63. The number of anilines is 1. The van der Waals surface area contributed by atoms with Gasteiger partial charge < -0.3 is 21.4 Å². The van der Waals surface area contributed by atoms with E-state index in [1.54, 1.807) is 49.6 Å². The predicted molar refractivity (Wildman–Crippen MR) is 157 cm³/mol. The number of carbonyl (C=O) groups is 2. The number of pyridine rings is 1. The van der Waals surface area contributed by atoms with Crippen LogP contribution in [0, 0.1) is 5.82 Å². The van der Waals surface area contributed by atoms with E-state index < -0.39 is 6.04 Å². The minimum Gasteiger partial charge on any atom is -0.346 e. The third-order valence-corrected chi connectivity index (χ3v) is 6.35. The molecule has 2 heterocycles. The second-order valence-electron chi connectivity index (χ2n) is 9.39. The van der Waals surface area contributed by atoms with Crippen molar-refractivity contribution in [2.24, 2.45) is 5.73 Å². The monoisotopic (exact) mass is 558 g/mol. The maximum absolute atomic E-state index is 13.3. The number of hydrogen-bond acceptors (Lipinski definition) is 5. The van der Waals surface area contributed by atoms with Gasteiger partial charge in [-0.05, 0) is 61.2 Å². The van der Waals surface area contributed by atoms with Crippen LogP contribution in [0.3, 0.4) is 0 Å². The Kier molecular flexibility index (Phi) is 8.57. The van der Waals surface area contributed by atoms with Crippen LogP contribution in [0.2, 0.25) is 0 Å². The van der Waals surface area contributed by atoms with Gasteiger partial charge in [-0.2, -0.15) is 0 Å². The number of hydrogen-bond donors (Lipinski definition) is 4. The highest BCUT2D eigenvalue weighted by Gasteiger charge is 2.17. The molecule has 5 rings (SSSR count). The third kappa shape index (κ3) is 6.33. The van der Waals surface area contributed by atoms with Crippen molar-refractivity contribution in [3.63, 3.8) is 0 Å². The Morgan fingerprint density at radius 3 is 2.38 bits per heavy atom. The quantitative estimate of drug-likeness (QED) is 0.206. The highest BCUT2D eigenvalue weighted by molar-refractivity contribution is 6.00. The molecule has 0 bridgehead atoms. The molecular weight excluding hydrogens is 531 g/mol. The van der Waals surface area contributed by atoms with Gasteiger partial charge in [0.1, 0.15) is 11.5 Å². The molecule has 204 valence electrons. The van der Waals surface area contributed by atoms with Crippen LogP contribution in [0.4, 0.5) is 10.1 Å². The van der Waals surface area contributed by atoms with Crippen molar-refractivity contribution in [2.75, 3.05) is 5.32 Å². The van der Waals surface area contributed by atoms with Gasteiger partial charge >= 0.3 is 0 Å². The molecule has 5 aromatic rings. The lowest BCUT2D eigenvalue weighted by atomic mass is 10.0. The number of amides is 2. The maximum atomic E-state index is 13.3. The number of carbonyl (C=O) groups excluding carboxylic acids is 2. The van der Waals surface area contributed by atoms with Crippen LogP contribution < -0.4 is 16.4 Å². The van der Waals surface area contributed by atoms with Gasteiger partial charge in [0, 0.05) is 28.4 Å². The number of benzene rings is 3. The van der Waals surface area contributed by atoms with Gasteiger partial charge in [0.25, 0.3) is 5.91 Å². The summed E-state index contributed by atoms with van der Waals surface area (Å²) < 4.78 is 13.3. The van der Waals surface area contributed by atoms with E-state index >= 15 is 0 Å². The first-order valence-corrected chi connectivity index (χ1v) is 12.5. The number of H-pyrrole nitrogens is 1. The molecule has 5 N–H and O–H groups in total. The second-order valence-corrected chi connectivity index (χ2v) is 9.39. The lowest BCUT2D eigenvalue weighted by Crippen LogP contribution is -2.32. The van der Waals surface area contributed by atoms with Crippen LogP contribution in [0.1, 0.15) is 35.8 Å². The Morgan fingerprint density at radius 1 is 0.925 bits per heavy atom. The van der Waals surface area contributed by atoms with Crippen molar-refractivity contribution in [1.29, 1.82) is 0 Å². The van der Waals surface area contributed by atoms with Gasteiger partial charge in [0.05, 0.1) is 24.0 Å². The number of imidazole rings is 1. The SMILES string of the molecule is C[C@H](N)C(=O)Nc1cc(C(=O)N[C@H](C)c2ccc(F)cc2)cc(-c2cnc(-c3cc4ccccc4cn3)[nH]2)c1.Cl. The van der Waals surface area contributed by atoms with Crippen molar-refractivity contribution >= 4 is 40.7 Å². The number of aromatic amines is 1. The molecule has 0 radical (unpaired) electrons. The summed E-state index contributed by atoms with van der Waals surface area (Å²) in [5.41, 5.74) is 9.17. The molecule has 2 amide bonds. The summed E-state index contributed by atoms with van der Waals surface area (Å²) in [5, 5.41) is 7.75. The molecule has 0 aliphatic rings. The molecule has 0 saturated carbocycles. The number of nitrogens with one attached hydrogen (secondary N) is 3. The Bertz CT molecular complexity index is 1670. The van der Waals surface area contributed by atoms with Gasteiger partial charge in [0.15, 0.2) is 5.82 Å². The number of rotatable bonds is 7. The average molecular weight is 559 g/mol. The highest BCUT2D eigenvalue weighted by Crippen LogP contribution is 2.27. The fourth-order valence-electron chi connectivity index (χ4n) is 4.17. The maximum Gasteiger partial charge on any atom is 0.251 e. The molecule has 0 spiro atoms. The van der Waals surface area contributed by atoms with E-state index in [1.165, 1.54) is 12.1 Å².